The first-order valence-corrected chi connectivity index (χ1v) is 7.61. The van der Waals surface area contributed by atoms with E-state index < -0.39 is 11.4 Å². The van der Waals surface area contributed by atoms with E-state index in [1.54, 1.807) is 17.0 Å². The first kappa shape index (κ1) is 16.5. The topological polar surface area (TPSA) is 57.6 Å². The summed E-state index contributed by atoms with van der Waals surface area (Å²) in [5.41, 5.74) is -0.0602. The predicted molar refractivity (Wildman–Crippen MR) is 80.8 cm³/mol. The highest BCUT2D eigenvalue weighted by Gasteiger charge is 2.48. The second-order valence-corrected chi connectivity index (χ2v) is 6.31. The molecule has 120 valence electrons. The molecule has 1 aliphatic rings. The Hall–Kier alpha value is -1.91. The first-order chi connectivity index (χ1) is 10.3. The summed E-state index contributed by atoms with van der Waals surface area (Å²) in [6, 6.07) is 6.21. The molecule has 0 spiro atoms. The molecule has 1 fully saturated rings. The van der Waals surface area contributed by atoms with Crippen molar-refractivity contribution in [2.45, 2.75) is 33.1 Å². The normalized spacial score (nSPS) is 21.4. The van der Waals surface area contributed by atoms with Crippen molar-refractivity contribution >= 4 is 11.9 Å². The third-order valence-electron chi connectivity index (χ3n) is 4.70. The standard InChI is InChI=1S/C17H22FNO3/c1-12(2)17(16(21)22)8-9-19(11-17)15(20)7-6-13-4-3-5-14(18)10-13/h3-5,10,12H,6-9,11H2,1-2H3,(H,21,22). The maximum atomic E-state index is 13.1. The molecule has 0 aliphatic carbocycles. The number of amides is 1. The first-order valence-electron chi connectivity index (χ1n) is 7.61. The monoisotopic (exact) mass is 307 g/mol. The summed E-state index contributed by atoms with van der Waals surface area (Å²) in [6.07, 6.45) is 1.23. The van der Waals surface area contributed by atoms with Gasteiger partial charge in [-0.05, 0) is 36.5 Å². The van der Waals surface area contributed by atoms with Crippen molar-refractivity contribution < 1.29 is 19.1 Å². The molecular weight excluding hydrogens is 285 g/mol. The Balaban J connectivity index is 1.96. The van der Waals surface area contributed by atoms with Gasteiger partial charge in [-0.1, -0.05) is 26.0 Å². The zero-order valence-electron chi connectivity index (χ0n) is 13.0. The SMILES string of the molecule is CC(C)C1(C(=O)O)CCN(C(=O)CCc2cccc(F)c2)C1. The number of carbonyl (C=O) groups excluding carboxylic acids is 1. The van der Waals surface area contributed by atoms with Crippen LogP contribution in [0.5, 0.6) is 0 Å². The zero-order chi connectivity index (χ0) is 16.3. The fourth-order valence-corrected chi connectivity index (χ4v) is 3.04. The third kappa shape index (κ3) is 3.29. The second-order valence-electron chi connectivity index (χ2n) is 6.31. The van der Waals surface area contributed by atoms with E-state index in [1.165, 1.54) is 12.1 Å². The van der Waals surface area contributed by atoms with Crippen molar-refractivity contribution in [3.63, 3.8) is 0 Å². The van der Waals surface area contributed by atoms with Gasteiger partial charge in [0.25, 0.3) is 0 Å². The number of rotatable bonds is 5. The van der Waals surface area contributed by atoms with Gasteiger partial charge in [-0.3, -0.25) is 9.59 Å². The molecule has 0 saturated carbocycles. The van der Waals surface area contributed by atoms with E-state index in [0.717, 1.165) is 5.56 Å². The number of aryl methyl sites for hydroxylation is 1. The molecular formula is C17H22FNO3. The summed E-state index contributed by atoms with van der Waals surface area (Å²) in [6.45, 7) is 4.51. The molecule has 0 bridgehead atoms. The van der Waals surface area contributed by atoms with Gasteiger partial charge in [0.1, 0.15) is 5.82 Å². The maximum Gasteiger partial charge on any atom is 0.311 e. The van der Waals surface area contributed by atoms with Crippen LogP contribution in [0, 0.1) is 17.2 Å². The molecule has 1 atom stereocenters. The van der Waals surface area contributed by atoms with Crippen LogP contribution in [-0.2, 0) is 16.0 Å². The number of carboxylic acids is 1. The number of hydrogen-bond donors (Lipinski definition) is 1. The molecule has 1 aromatic carbocycles. The third-order valence-corrected chi connectivity index (χ3v) is 4.70. The average molecular weight is 307 g/mol. The van der Waals surface area contributed by atoms with Crippen LogP contribution < -0.4 is 0 Å². The highest BCUT2D eigenvalue weighted by atomic mass is 19.1. The Labute approximate surface area is 129 Å². The molecule has 1 unspecified atom stereocenters. The highest BCUT2D eigenvalue weighted by molar-refractivity contribution is 5.81. The Kier molecular flexibility index (Phi) is 4.84. The van der Waals surface area contributed by atoms with Crippen LogP contribution in [0.25, 0.3) is 0 Å². The van der Waals surface area contributed by atoms with E-state index in [0.29, 0.717) is 19.4 Å². The lowest BCUT2D eigenvalue weighted by Gasteiger charge is -2.28. The van der Waals surface area contributed by atoms with Crippen molar-refractivity contribution in [2.24, 2.45) is 11.3 Å². The number of carboxylic acid groups (broad SMARTS) is 1. The van der Waals surface area contributed by atoms with Crippen LogP contribution in [0.2, 0.25) is 0 Å². The molecule has 1 heterocycles. The molecule has 0 aromatic heterocycles. The number of likely N-dealkylation sites (tertiary alicyclic amines) is 1. The number of benzene rings is 1. The van der Waals surface area contributed by atoms with Crippen molar-refractivity contribution in [2.75, 3.05) is 13.1 Å². The fourth-order valence-electron chi connectivity index (χ4n) is 3.04. The smallest absolute Gasteiger partial charge is 0.311 e. The molecule has 1 aliphatic heterocycles. The molecule has 5 heteroatoms. The minimum atomic E-state index is -0.839. The van der Waals surface area contributed by atoms with Gasteiger partial charge in [0.15, 0.2) is 0 Å². The summed E-state index contributed by atoms with van der Waals surface area (Å²) in [4.78, 5) is 25.5. The van der Waals surface area contributed by atoms with Gasteiger partial charge in [0, 0.05) is 19.5 Å². The van der Waals surface area contributed by atoms with Crippen LogP contribution in [0.4, 0.5) is 4.39 Å². The van der Waals surface area contributed by atoms with Gasteiger partial charge in [0.2, 0.25) is 5.91 Å². The number of carbonyl (C=O) groups is 2. The molecule has 4 nitrogen and oxygen atoms in total. The number of aliphatic carboxylic acids is 1. The van der Waals surface area contributed by atoms with Crippen LogP contribution >= 0.6 is 0 Å². The number of nitrogens with zero attached hydrogens (tertiary/aromatic N) is 1. The largest absolute Gasteiger partial charge is 0.481 e. The van der Waals surface area contributed by atoms with Crippen LogP contribution in [-0.4, -0.2) is 35.0 Å². The summed E-state index contributed by atoms with van der Waals surface area (Å²) in [5.74, 6) is -1.22. The summed E-state index contributed by atoms with van der Waals surface area (Å²) in [7, 11) is 0. The quantitative estimate of drug-likeness (QED) is 0.910. The molecule has 2 rings (SSSR count). The van der Waals surface area contributed by atoms with Crippen molar-refractivity contribution in [3.8, 4) is 0 Å². The van der Waals surface area contributed by atoms with Crippen LogP contribution in [0.1, 0.15) is 32.3 Å². The Morgan fingerprint density at radius 1 is 1.41 bits per heavy atom. The van der Waals surface area contributed by atoms with Gasteiger partial charge in [-0.25, -0.2) is 4.39 Å². The average Bonchev–Trinajstić information content (AvgIpc) is 2.91. The van der Waals surface area contributed by atoms with E-state index in [4.69, 9.17) is 0 Å². The van der Waals surface area contributed by atoms with Gasteiger partial charge in [-0.2, -0.15) is 0 Å². The lowest BCUT2D eigenvalue weighted by Crippen LogP contribution is -2.40. The summed E-state index contributed by atoms with van der Waals surface area (Å²) < 4.78 is 13.1. The Morgan fingerprint density at radius 2 is 2.14 bits per heavy atom. The van der Waals surface area contributed by atoms with E-state index in [9.17, 15) is 19.1 Å². The van der Waals surface area contributed by atoms with E-state index in [-0.39, 0.29) is 30.6 Å². The van der Waals surface area contributed by atoms with E-state index >= 15 is 0 Å². The van der Waals surface area contributed by atoms with Crippen molar-refractivity contribution in [1.29, 1.82) is 0 Å². The van der Waals surface area contributed by atoms with Crippen LogP contribution in [0.3, 0.4) is 0 Å². The van der Waals surface area contributed by atoms with E-state index in [2.05, 4.69) is 0 Å². The minimum absolute atomic E-state index is 0.0222. The van der Waals surface area contributed by atoms with Crippen LogP contribution in [0.15, 0.2) is 24.3 Å². The van der Waals surface area contributed by atoms with Crippen molar-refractivity contribution in [1.82, 2.24) is 4.90 Å². The van der Waals surface area contributed by atoms with Crippen molar-refractivity contribution in [3.05, 3.63) is 35.6 Å². The Bertz CT molecular complexity index is 573. The summed E-state index contributed by atoms with van der Waals surface area (Å²) >= 11 is 0. The highest BCUT2D eigenvalue weighted by Crippen LogP contribution is 2.38. The number of hydrogen-bond acceptors (Lipinski definition) is 2. The minimum Gasteiger partial charge on any atom is -0.481 e. The summed E-state index contributed by atoms with van der Waals surface area (Å²) in [5, 5.41) is 9.49. The maximum absolute atomic E-state index is 13.1. The molecule has 1 N–H and O–H groups in total. The van der Waals surface area contributed by atoms with E-state index in [1.807, 2.05) is 13.8 Å². The lowest BCUT2D eigenvalue weighted by molar-refractivity contribution is -0.151. The molecule has 0 radical (unpaired) electrons. The van der Waals surface area contributed by atoms with Gasteiger partial charge < -0.3 is 10.0 Å². The predicted octanol–water partition coefficient (Wildman–Crippen LogP) is 2.72. The Morgan fingerprint density at radius 3 is 2.68 bits per heavy atom. The second kappa shape index (κ2) is 6.46. The fraction of sp³-hybridized carbons (Fsp3) is 0.529. The molecule has 1 saturated heterocycles. The number of halogens is 1. The molecule has 1 aromatic rings. The zero-order valence-corrected chi connectivity index (χ0v) is 13.0. The lowest BCUT2D eigenvalue weighted by atomic mass is 9.76. The van der Waals surface area contributed by atoms with Gasteiger partial charge in [-0.15, -0.1) is 0 Å². The van der Waals surface area contributed by atoms with Gasteiger partial charge >= 0.3 is 5.97 Å². The van der Waals surface area contributed by atoms with Gasteiger partial charge in [0.05, 0.1) is 5.41 Å². The molecule has 22 heavy (non-hydrogen) atoms. The molecule has 1 amide bonds.